The number of nitrogens with zero attached hydrogens (tertiary/aromatic N) is 2. The smallest absolute Gasteiger partial charge is 0.00186 e. The topological polar surface area (TPSA) is 6.48 Å². The summed E-state index contributed by atoms with van der Waals surface area (Å²) >= 11 is 0. The van der Waals surface area contributed by atoms with E-state index in [0.29, 0.717) is 0 Å². The standard InChI is InChI=1S/C25H48N2/c1-5-9-15-26(16-10-6-2)20-24-22-13-14-23(19-22)25(24)21-27(17-11-7-3)18-12-8-4/h13-14,22-25H,5-12,15-21H2,1-4H3/t22?,23?,24-,25-/m1/s1. The Kier molecular flexibility index (Phi) is 11.0. The molecule has 0 aromatic heterocycles. The second-order valence-electron chi connectivity index (χ2n) is 9.29. The molecule has 0 saturated heterocycles. The summed E-state index contributed by atoms with van der Waals surface area (Å²) in [6, 6.07) is 0. The number of unbranched alkanes of at least 4 members (excludes halogenated alkanes) is 4. The molecule has 2 aliphatic carbocycles. The quantitative estimate of drug-likeness (QED) is 0.295. The third-order valence-corrected chi connectivity index (χ3v) is 7.05. The van der Waals surface area contributed by atoms with Crippen LogP contribution in [0.2, 0.25) is 0 Å². The Morgan fingerprint density at radius 3 is 1.22 bits per heavy atom. The van der Waals surface area contributed by atoms with Crippen molar-refractivity contribution in [1.29, 1.82) is 0 Å². The molecule has 0 aromatic carbocycles. The van der Waals surface area contributed by atoms with Gasteiger partial charge in [-0.15, -0.1) is 0 Å². The first-order valence-electron chi connectivity index (χ1n) is 12.4. The number of fused-ring (bicyclic) bond motifs is 2. The van der Waals surface area contributed by atoms with E-state index >= 15 is 0 Å². The first-order valence-corrected chi connectivity index (χ1v) is 12.4. The van der Waals surface area contributed by atoms with Crippen LogP contribution in [0, 0.1) is 23.7 Å². The van der Waals surface area contributed by atoms with Crippen molar-refractivity contribution in [2.75, 3.05) is 39.3 Å². The molecule has 0 radical (unpaired) electrons. The summed E-state index contributed by atoms with van der Waals surface area (Å²) < 4.78 is 0. The molecule has 0 spiro atoms. The van der Waals surface area contributed by atoms with Crippen LogP contribution in [0.3, 0.4) is 0 Å². The number of hydrogen-bond donors (Lipinski definition) is 0. The lowest BCUT2D eigenvalue weighted by atomic mass is 9.82. The lowest BCUT2D eigenvalue weighted by Gasteiger charge is -2.36. The summed E-state index contributed by atoms with van der Waals surface area (Å²) in [6.07, 6.45) is 17.4. The molecule has 2 heteroatoms. The van der Waals surface area contributed by atoms with Crippen LogP contribution in [0.15, 0.2) is 12.2 Å². The van der Waals surface area contributed by atoms with Gasteiger partial charge in [-0.2, -0.15) is 0 Å². The molecule has 0 amide bonds. The molecule has 4 atom stereocenters. The minimum absolute atomic E-state index is 0.866. The minimum atomic E-state index is 0.866. The summed E-state index contributed by atoms with van der Waals surface area (Å²) in [5, 5.41) is 0. The van der Waals surface area contributed by atoms with Crippen molar-refractivity contribution >= 4 is 0 Å². The SMILES string of the molecule is CCCCN(CCCC)C[C@@H]1C2C=CC(C2)[C@H]1CN(CCCC)CCCC. The van der Waals surface area contributed by atoms with Gasteiger partial charge in [-0.1, -0.05) is 65.5 Å². The van der Waals surface area contributed by atoms with Crippen LogP contribution in [0.1, 0.15) is 85.5 Å². The van der Waals surface area contributed by atoms with Crippen molar-refractivity contribution in [3.63, 3.8) is 0 Å². The third kappa shape index (κ3) is 7.20. The molecule has 2 nitrogen and oxygen atoms in total. The highest BCUT2D eigenvalue weighted by molar-refractivity contribution is 5.14. The zero-order valence-electron chi connectivity index (χ0n) is 19.0. The second kappa shape index (κ2) is 13.0. The maximum atomic E-state index is 2.82. The van der Waals surface area contributed by atoms with Crippen LogP contribution in [-0.2, 0) is 0 Å². The maximum Gasteiger partial charge on any atom is 0.00186 e. The Morgan fingerprint density at radius 2 is 0.926 bits per heavy atom. The van der Waals surface area contributed by atoms with Gasteiger partial charge in [-0.25, -0.2) is 0 Å². The first kappa shape index (κ1) is 22.9. The van der Waals surface area contributed by atoms with Gasteiger partial charge in [0.05, 0.1) is 0 Å². The van der Waals surface area contributed by atoms with E-state index in [1.807, 2.05) is 0 Å². The molecule has 2 rings (SSSR count). The Hall–Kier alpha value is -0.340. The van der Waals surface area contributed by atoms with Gasteiger partial charge in [0, 0.05) is 13.1 Å². The van der Waals surface area contributed by atoms with Crippen molar-refractivity contribution < 1.29 is 0 Å². The van der Waals surface area contributed by atoms with Crippen molar-refractivity contribution in [2.45, 2.75) is 85.5 Å². The Balaban J connectivity index is 1.98. The Morgan fingerprint density at radius 1 is 0.593 bits per heavy atom. The van der Waals surface area contributed by atoms with E-state index in [-0.39, 0.29) is 0 Å². The zero-order valence-corrected chi connectivity index (χ0v) is 19.0. The predicted octanol–water partition coefficient (Wildman–Crippen LogP) is 6.23. The summed E-state index contributed by atoms with van der Waals surface area (Å²) in [5.41, 5.74) is 0. The summed E-state index contributed by atoms with van der Waals surface area (Å²) in [5.74, 6) is 3.54. The fourth-order valence-corrected chi connectivity index (χ4v) is 5.28. The summed E-state index contributed by atoms with van der Waals surface area (Å²) in [4.78, 5) is 5.64. The summed E-state index contributed by atoms with van der Waals surface area (Å²) in [7, 11) is 0. The average molecular weight is 377 g/mol. The van der Waals surface area contributed by atoms with Gasteiger partial charge in [0.1, 0.15) is 0 Å². The van der Waals surface area contributed by atoms with Gasteiger partial charge in [0.25, 0.3) is 0 Å². The fourth-order valence-electron chi connectivity index (χ4n) is 5.28. The van der Waals surface area contributed by atoms with E-state index < -0.39 is 0 Å². The normalized spacial score (nSPS) is 26.7. The molecule has 0 aliphatic heterocycles. The van der Waals surface area contributed by atoms with Gasteiger partial charge >= 0.3 is 0 Å². The van der Waals surface area contributed by atoms with E-state index in [1.54, 1.807) is 0 Å². The second-order valence-corrected chi connectivity index (χ2v) is 9.29. The van der Waals surface area contributed by atoms with Crippen LogP contribution in [0.4, 0.5) is 0 Å². The lowest BCUT2D eigenvalue weighted by molar-refractivity contribution is 0.134. The van der Waals surface area contributed by atoms with Crippen LogP contribution in [-0.4, -0.2) is 49.1 Å². The molecule has 27 heavy (non-hydrogen) atoms. The van der Waals surface area contributed by atoms with Gasteiger partial charge in [0.2, 0.25) is 0 Å². The van der Waals surface area contributed by atoms with Gasteiger partial charge in [-0.3, -0.25) is 0 Å². The van der Waals surface area contributed by atoms with E-state index in [0.717, 1.165) is 23.7 Å². The van der Waals surface area contributed by atoms with Crippen LogP contribution < -0.4 is 0 Å². The highest BCUT2D eigenvalue weighted by Gasteiger charge is 2.45. The highest BCUT2D eigenvalue weighted by Crippen LogP contribution is 2.48. The molecule has 158 valence electrons. The summed E-state index contributed by atoms with van der Waals surface area (Å²) in [6.45, 7) is 17.3. The molecule has 0 heterocycles. The monoisotopic (exact) mass is 376 g/mol. The van der Waals surface area contributed by atoms with E-state index in [2.05, 4.69) is 49.6 Å². The van der Waals surface area contributed by atoms with Crippen LogP contribution in [0.5, 0.6) is 0 Å². The molecule has 0 aromatic rings. The Bertz CT molecular complexity index is 353. The third-order valence-electron chi connectivity index (χ3n) is 7.05. The number of hydrogen-bond acceptors (Lipinski definition) is 2. The fraction of sp³-hybridized carbons (Fsp3) is 0.920. The molecule has 0 N–H and O–H groups in total. The zero-order chi connectivity index (χ0) is 19.5. The van der Waals surface area contributed by atoms with E-state index in [9.17, 15) is 0 Å². The predicted molar refractivity (Wildman–Crippen MR) is 120 cm³/mol. The van der Waals surface area contributed by atoms with Gasteiger partial charge in [0.15, 0.2) is 0 Å². The molecule has 1 fully saturated rings. The first-order chi connectivity index (χ1) is 13.2. The number of allylic oxidation sites excluding steroid dienone is 2. The molecular weight excluding hydrogens is 328 g/mol. The van der Waals surface area contributed by atoms with Crippen LogP contribution >= 0.6 is 0 Å². The molecular formula is C25H48N2. The minimum Gasteiger partial charge on any atom is -0.303 e. The average Bonchev–Trinajstić information content (AvgIpc) is 3.28. The van der Waals surface area contributed by atoms with Crippen molar-refractivity contribution in [2.24, 2.45) is 23.7 Å². The molecule has 2 aliphatic rings. The van der Waals surface area contributed by atoms with Crippen LogP contribution in [0.25, 0.3) is 0 Å². The molecule has 1 saturated carbocycles. The van der Waals surface area contributed by atoms with E-state index in [1.165, 1.54) is 97.1 Å². The Labute approximate surface area is 170 Å². The van der Waals surface area contributed by atoms with Gasteiger partial charge in [-0.05, 0) is 82.0 Å². The van der Waals surface area contributed by atoms with Gasteiger partial charge < -0.3 is 9.80 Å². The highest BCUT2D eigenvalue weighted by atomic mass is 15.1. The maximum absolute atomic E-state index is 2.82. The number of rotatable bonds is 16. The molecule has 2 unspecified atom stereocenters. The van der Waals surface area contributed by atoms with Crippen molar-refractivity contribution in [3.8, 4) is 0 Å². The lowest BCUT2D eigenvalue weighted by Crippen LogP contribution is -2.41. The largest absolute Gasteiger partial charge is 0.303 e. The molecule has 2 bridgehead atoms. The van der Waals surface area contributed by atoms with Crippen molar-refractivity contribution in [3.05, 3.63) is 12.2 Å². The van der Waals surface area contributed by atoms with Crippen molar-refractivity contribution in [1.82, 2.24) is 9.80 Å². The van der Waals surface area contributed by atoms with E-state index in [4.69, 9.17) is 0 Å².